The highest BCUT2D eigenvalue weighted by Gasteiger charge is 2.18. The maximum absolute atomic E-state index is 11.0. The molecule has 0 fully saturated rings. The quantitative estimate of drug-likeness (QED) is 0.899. The first-order valence-electron chi connectivity index (χ1n) is 4.85. The summed E-state index contributed by atoms with van der Waals surface area (Å²) in [6.45, 7) is 0.185. The summed E-state index contributed by atoms with van der Waals surface area (Å²) >= 11 is 1.11. The van der Waals surface area contributed by atoms with Crippen molar-refractivity contribution >= 4 is 17.3 Å². The summed E-state index contributed by atoms with van der Waals surface area (Å²) in [5, 5.41) is 9.64. The molecule has 2 rings (SSSR count). The van der Waals surface area contributed by atoms with Crippen LogP contribution in [0, 0.1) is 0 Å². The number of aromatic nitrogens is 2. The van der Waals surface area contributed by atoms with Crippen LogP contribution in [0.3, 0.4) is 0 Å². The van der Waals surface area contributed by atoms with Crippen LogP contribution in [0.5, 0.6) is 0 Å². The Labute approximate surface area is 102 Å². The molecule has 2 aromatic heterocycles. The minimum absolute atomic E-state index is 0.185. The predicted octanol–water partition coefficient (Wildman–Crippen LogP) is 2.05. The van der Waals surface area contributed by atoms with Gasteiger partial charge in [0.1, 0.15) is 9.88 Å². The largest absolute Gasteiger partial charge is 0.477 e. The summed E-state index contributed by atoms with van der Waals surface area (Å²) in [6, 6.07) is 5.42. The zero-order valence-electron chi connectivity index (χ0n) is 9.08. The van der Waals surface area contributed by atoms with Crippen LogP contribution >= 0.6 is 11.3 Å². The molecule has 6 heteroatoms. The number of ether oxygens (including phenoxy) is 1. The van der Waals surface area contributed by atoms with E-state index in [0.29, 0.717) is 16.4 Å². The zero-order chi connectivity index (χ0) is 12.3. The first-order valence-corrected chi connectivity index (χ1v) is 5.67. The van der Waals surface area contributed by atoms with Crippen LogP contribution in [0.15, 0.2) is 24.4 Å². The third kappa shape index (κ3) is 2.48. The molecule has 0 aliphatic rings. The Hall–Kier alpha value is -1.79. The van der Waals surface area contributed by atoms with E-state index < -0.39 is 5.97 Å². The molecule has 0 spiro atoms. The van der Waals surface area contributed by atoms with Gasteiger partial charge in [0.05, 0.1) is 18.0 Å². The van der Waals surface area contributed by atoms with Gasteiger partial charge >= 0.3 is 5.97 Å². The first-order chi connectivity index (χ1) is 8.22. The van der Waals surface area contributed by atoms with Crippen molar-refractivity contribution in [1.82, 2.24) is 9.97 Å². The predicted molar refractivity (Wildman–Crippen MR) is 63.0 cm³/mol. The van der Waals surface area contributed by atoms with Crippen molar-refractivity contribution in [1.29, 1.82) is 0 Å². The van der Waals surface area contributed by atoms with Crippen molar-refractivity contribution in [2.75, 3.05) is 7.11 Å². The van der Waals surface area contributed by atoms with Gasteiger partial charge in [-0.25, -0.2) is 9.78 Å². The smallest absolute Gasteiger partial charge is 0.347 e. The summed E-state index contributed by atoms with van der Waals surface area (Å²) in [5.41, 5.74) is 1.10. The molecule has 0 bridgehead atoms. The van der Waals surface area contributed by atoms with Crippen LogP contribution < -0.4 is 0 Å². The number of hydrogen-bond donors (Lipinski definition) is 1. The lowest BCUT2D eigenvalue weighted by Gasteiger charge is -1.94. The summed E-state index contributed by atoms with van der Waals surface area (Å²) in [7, 11) is 1.51. The van der Waals surface area contributed by atoms with E-state index in [4.69, 9.17) is 9.84 Å². The van der Waals surface area contributed by atoms with Crippen molar-refractivity contribution in [3.8, 4) is 10.7 Å². The highest BCUT2D eigenvalue weighted by molar-refractivity contribution is 7.17. The summed E-state index contributed by atoms with van der Waals surface area (Å²) in [4.78, 5) is 19.6. The van der Waals surface area contributed by atoms with Gasteiger partial charge in [0.15, 0.2) is 0 Å². The number of rotatable bonds is 4. The Morgan fingerprint density at radius 1 is 1.53 bits per heavy atom. The van der Waals surface area contributed by atoms with E-state index in [1.165, 1.54) is 7.11 Å². The number of carboxylic acid groups (broad SMARTS) is 1. The zero-order valence-corrected chi connectivity index (χ0v) is 9.90. The molecule has 0 radical (unpaired) electrons. The molecule has 2 heterocycles. The van der Waals surface area contributed by atoms with Crippen LogP contribution in [0.1, 0.15) is 15.4 Å². The lowest BCUT2D eigenvalue weighted by Crippen LogP contribution is -1.99. The fraction of sp³-hybridized carbons (Fsp3) is 0.182. The van der Waals surface area contributed by atoms with Crippen molar-refractivity contribution in [3.63, 3.8) is 0 Å². The maximum Gasteiger partial charge on any atom is 0.347 e. The molecule has 0 atom stereocenters. The summed E-state index contributed by atoms with van der Waals surface area (Å²) < 4.78 is 4.93. The van der Waals surface area contributed by atoms with Crippen LogP contribution in [0.4, 0.5) is 0 Å². The van der Waals surface area contributed by atoms with E-state index in [0.717, 1.165) is 11.3 Å². The maximum atomic E-state index is 11.0. The molecule has 1 N–H and O–H groups in total. The SMILES string of the molecule is COCc1nc(-c2ccccn2)sc1C(=O)O. The van der Waals surface area contributed by atoms with Gasteiger partial charge in [-0.3, -0.25) is 4.98 Å². The number of nitrogens with zero attached hydrogens (tertiary/aromatic N) is 2. The standard InChI is InChI=1S/C11H10N2O3S/c1-16-6-8-9(11(14)15)17-10(13-8)7-4-2-3-5-12-7/h2-5H,6H2,1H3,(H,14,15). The number of carboxylic acids is 1. The molecule has 0 unspecified atom stereocenters. The van der Waals surface area contributed by atoms with Gasteiger partial charge in [-0.05, 0) is 12.1 Å². The summed E-state index contributed by atoms with van der Waals surface area (Å²) in [6.07, 6.45) is 1.65. The number of hydrogen-bond acceptors (Lipinski definition) is 5. The van der Waals surface area contributed by atoms with E-state index in [1.807, 2.05) is 6.07 Å². The van der Waals surface area contributed by atoms with Gasteiger partial charge in [0.2, 0.25) is 0 Å². The van der Waals surface area contributed by atoms with E-state index >= 15 is 0 Å². The Morgan fingerprint density at radius 2 is 2.35 bits per heavy atom. The molecule has 0 saturated heterocycles. The third-order valence-electron chi connectivity index (χ3n) is 2.06. The molecule has 17 heavy (non-hydrogen) atoms. The minimum atomic E-state index is -0.989. The second-order valence-corrected chi connectivity index (χ2v) is 4.25. The van der Waals surface area contributed by atoms with Gasteiger partial charge in [-0.15, -0.1) is 11.3 Å². The highest BCUT2D eigenvalue weighted by atomic mass is 32.1. The van der Waals surface area contributed by atoms with E-state index in [-0.39, 0.29) is 11.5 Å². The van der Waals surface area contributed by atoms with Crippen LogP contribution in [-0.2, 0) is 11.3 Å². The Bertz CT molecular complexity index is 525. The Morgan fingerprint density at radius 3 is 2.94 bits per heavy atom. The Balaban J connectivity index is 2.44. The van der Waals surface area contributed by atoms with Gasteiger partial charge in [0.25, 0.3) is 0 Å². The minimum Gasteiger partial charge on any atom is -0.477 e. The second-order valence-electron chi connectivity index (χ2n) is 3.25. The molecular formula is C11H10N2O3S. The van der Waals surface area contributed by atoms with E-state index in [1.54, 1.807) is 18.3 Å². The van der Waals surface area contributed by atoms with Crippen LogP contribution in [0.25, 0.3) is 10.7 Å². The molecule has 0 aliphatic heterocycles. The molecule has 0 saturated carbocycles. The number of carbonyl (C=O) groups is 1. The first kappa shape index (κ1) is 11.7. The van der Waals surface area contributed by atoms with Crippen LogP contribution in [0.2, 0.25) is 0 Å². The van der Waals surface area contributed by atoms with Crippen molar-refractivity contribution in [2.24, 2.45) is 0 Å². The topological polar surface area (TPSA) is 72.3 Å². The van der Waals surface area contributed by atoms with Crippen molar-refractivity contribution in [2.45, 2.75) is 6.61 Å². The van der Waals surface area contributed by atoms with Gasteiger partial charge in [0, 0.05) is 13.3 Å². The van der Waals surface area contributed by atoms with Gasteiger partial charge < -0.3 is 9.84 Å². The molecular weight excluding hydrogens is 240 g/mol. The molecule has 0 aliphatic carbocycles. The van der Waals surface area contributed by atoms with Crippen molar-refractivity contribution in [3.05, 3.63) is 35.0 Å². The molecule has 0 aromatic carbocycles. The fourth-order valence-electron chi connectivity index (χ4n) is 1.35. The molecule has 2 aromatic rings. The lowest BCUT2D eigenvalue weighted by atomic mass is 10.3. The molecule has 0 amide bonds. The van der Waals surface area contributed by atoms with E-state index in [2.05, 4.69) is 9.97 Å². The Kier molecular flexibility index (Phi) is 3.46. The van der Waals surface area contributed by atoms with E-state index in [9.17, 15) is 4.79 Å². The monoisotopic (exact) mass is 250 g/mol. The van der Waals surface area contributed by atoms with Crippen molar-refractivity contribution < 1.29 is 14.6 Å². The molecule has 88 valence electrons. The second kappa shape index (κ2) is 5.03. The highest BCUT2D eigenvalue weighted by Crippen LogP contribution is 2.27. The number of methoxy groups -OCH3 is 1. The molecule has 5 nitrogen and oxygen atoms in total. The fourth-order valence-corrected chi connectivity index (χ4v) is 2.24. The normalized spacial score (nSPS) is 10.4. The lowest BCUT2D eigenvalue weighted by molar-refractivity contribution is 0.0697. The summed E-state index contributed by atoms with van der Waals surface area (Å²) in [5.74, 6) is -0.989. The number of pyridine rings is 1. The third-order valence-corrected chi connectivity index (χ3v) is 3.16. The average Bonchev–Trinajstić information content (AvgIpc) is 2.75. The van der Waals surface area contributed by atoms with Gasteiger partial charge in [-0.1, -0.05) is 6.07 Å². The average molecular weight is 250 g/mol. The van der Waals surface area contributed by atoms with Crippen LogP contribution in [-0.4, -0.2) is 28.2 Å². The number of aromatic carboxylic acids is 1. The number of thiazole rings is 1. The van der Waals surface area contributed by atoms with Gasteiger partial charge in [-0.2, -0.15) is 0 Å².